The molecule has 6 nitrogen and oxygen atoms in total. The number of amides is 2. The van der Waals surface area contributed by atoms with Crippen molar-refractivity contribution in [2.45, 2.75) is 50.7 Å². The van der Waals surface area contributed by atoms with Crippen molar-refractivity contribution in [3.05, 3.63) is 11.8 Å². The first-order chi connectivity index (χ1) is 10.3. The molecule has 0 bridgehead atoms. The summed E-state index contributed by atoms with van der Waals surface area (Å²) in [5, 5.41) is 10.9. The summed E-state index contributed by atoms with van der Waals surface area (Å²) >= 11 is 0. The number of rotatable bonds is 5. The highest BCUT2D eigenvalue weighted by molar-refractivity contribution is 5.94. The quantitative estimate of drug-likeness (QED) is 0.777. The first-order valence-electron chi connectivity index (χ1n) is 7.02. The number of halogens is 3. The molecule has 2 rings (SSSR count). The zero-order valence-electron chi connectivity index (χ0n) is 12.0. The Morgan fingerprint density at radius 3 is 2.68 bits per heavy atom. The highest BCUT2D eigenvalue weighted by Crippen LogP contribution is 2.36. The van der Waals surface area contributed by atoms with Crippen molar-refractivity contribution in [1.29, 1.82) is 0 Å². The van der Waals surface area contributed by atoms with Crippen LogP contribution in [0.25, 0.3) is 0 Å². The van der Waals surface area contributed by atoms with Crippen LogP contribution in [0.1, 0.15) is 44.2 Å². The van der Waals surface area contributed by atoms with Gasteiger partial charge in [0.15, 0.2) is 0 Å². The van der Waals surface area contributed by atoms with Gasteiger partial charge in [-0.3, -0.25) is 14.7 Å². The molecule has 1 aromatic rings. The predicted molar refractivity (Wildman–Crippen MR) is 72.1 cm³/mol. The molecule has 0 spiro atoms. The highest BCUT2D eigenvalue weighted by atomic mass is 19.4. The van der Waals surface area contributed by atoms with Crippen LogP contribution in [-0.4, -0.2) is 34.2 Å². The lowest BCUT2D eigenvalue weighted by molar-refractivity contribution is -0.167. The standard InChI is InChI=1S/C13H17F3N4O2/c1-2-3-11(21)17-8-4-7(5-8)9-6-10(20-19-9)18-12(22)13(14,15)16/h6-8H,2-5H2,1H3,(H,17,21)(H2,18,19,20,22)/t7-,8+. The van der Waals surface area contributed by atoms with Crippen molar-refractivity contribution in [3.8, 4) is 0 Å². The van der Waals surface area contributed by atoms with E-state index in [1.54, 1.807) is 5.32 Å². The molecular weight excluding hydrogens is 301 g/mol. The van der Waals surface area contributed by atoms with Gasteiger partial charge in [-0.05, 0) is 19.3 Å². The lowest BCUT2D eigenvalue weighted by Gasteiger charge is -2.34. The molecule has 1 aliphatic carbocycles. The van der Waals surface area contributed by atoms with Crippen LogP contribution >= 0.6 is 0 Å². The van der Waals surface area contributed by atoms with Crippen LogP contribution in [0.3, 0.4) is 0 Å². The molecule has 0 aromatic carbocycles. The molecule has 0 unspecified atom stereocenters. The Morgan fingerprint density at radius 2 is 2.09 bits per heavy atom. The molecule has 1 heterocycles. The molecular formula is C13H17F3N4O2. The van der Waals surface area contributed by atoms with E-state index in [2.05, 4.69) is 15.5 Å². The normalized spacial score (nSPS) is 21.1. The topological polar surface area (TPSA) is 86.9 Å². The third kappa shape index (κ3) is 3.99. The molecule has 0 aliphatic heterocycles. The third-order valence-electron chi connectivity index (χ3n) is 3.50. The first-order valence-corrected chi connectivity index (χ1v) is 7.02. The van der Waals surface area contributed by atoms with Gasteiger partial charge in [-0.25, -0.2) is 0 Å². The Morgan fingerprint density at radius 1 is 1.41 bits per heavy atom. The number of nitrogens with zero attached hydrogens (tertiary/aromatic N) is 1. The van der Waals surface area contributed by atoms with E-state index in [1.165, 1.54) is 6.07 Å². The van der Waals surface area contributed by atoms with Gasteiger partial charge in [-0.2, -0.15) is 18.3 Å². The van der Waals surface area contributed by atoms with E-state index in [1.807, 2.05) is 6.92 Å². The van der Waals surface area contributed by atoms with Gasteiger partial charge in [0.1, 0.15) is 5.82 Å². The number of hydrogen-bond donors (Lipinski definition) is 3. The van der Waals surface area contributed by atoms with Crippen LogP contribution in [0.4, 0.5) is 19.0 Å². The lowest BCUT2D eigenvalue weighted by atomic mass is 9.78. The Balaban J connectivity index is 1.82. The average molecular weight is 318 g/mol. The number of carbonyl (C=O) groups is 2. The Hall–Kier alpha value is -2.06. The van der Waals surface area contributed by atoms with Crippen LogP contribution in [0.2, 0.25) is 0 Å². The SMILES string of the molecule is CCCC(=O)N[C@H]1C[C@@H](c2cc(NC(=O)C(F)(F)F)[nH]n2)C1. The highest BCUT2D eigenvalue weighted by Gasteiger charge is 2.39. The van der Waals surface area contributed by atoms with Gasteiger partial charge in [0.25, 0.3) is 0 Å². The van der Waals surface area contributed by atoms with Crippen molar-refractivity contribution in [2.75, 3.05) is 5.32 Å². The Labute approximate surface area is 124 Å². The van der Waals surface area contributed by atoms with Crippen molar-refractivity contribution in [3.63, 3.8) is 0 Å². The number of anilines is 1. The second-order valence-electron chi connectivity index (χ2n) is 5.34. The molecule has 9 heteroatoms. The minimum absolute atomic E-state index is 0.00565. The third-order valence-corrected chi connectivity index (χ3v) is 3.50. The van der Waals surface area contributed by atoms with E-state index in [-0.39, 0.29) is 23.7 Å². The van der Waals surface area contributed by atoms with E-state index in [4.69, 9.17) is 0 Å². The van der Waals surface area contributed by atoms with E-state index in [0.29, 0.717) is 25.0 Å². The summed E-state index contributed by atoms with van der Waals surface area (Å²) in [5.41, 5.74) is 0.582. The zero-order valence-corrected chi connectivity index (χ0v) is 12.0. The van der Waals surface area contributed by atoms with Gasteiger partial charge in [-0.15, -0.1) is 0 Å². The second kappa shape index (κ2) is 6.37. The largest absolute Gasteiger partial charge is 0.471 e. The number of carbonyl (C=O) groups excluding carboxylic acids is 2. The first kappa shape index (κ1) is 16.3. The van der Waals surface area contributed by atoms with Crippen LogP contribution in [0.5, 0.6) is 0 Å². The number of aromatic nitrogens is 2. The summed E-state index contributed by atoms with van der Waals surface area (Å²) in [6.07, 6.45) is -2.29. The number of nitrogens with one attached hydrogen (secondary N) is 3. The lowest BCUT2D eigenvalue weighted by Crippen LogP contribution is -2.43. The molecule has 0 radical (unpaired) electrons. The maximum Gasteiger partial charge on any atom is 0.471 e. The van der Waals surface area contributed by atoms with Gasteiger partial charge in [0.2, 0.25) is 5.91 Å². The molecule has 1 fully saturated rings. The monoisotopic (exact) mass is 318 g/mol. The summed E-state index contributed by atoms with van der Waals surface area (Å²) in [4.78, 5) is 22.2. The minimum Gasteiger partial charge on any atom is -0.353 e. The van der Waals surface area contributed by atoms with Crippen molar-refractivity contribution in [1.82, 2.24) is 15.5 Å². The smallest absolute Gasteiger partial charge is 0.353 e. The van der Waals surface area contributed by atoms with Gasteiger partial charge in [-0.1, -0.05) is 6.92 Å². The van der Waals surface area contributed by atoms with E-state index in [0.717, 1.165) is 6.42 Å². The summed E-state index contributed by atoms with van der Waals surface area (Å²) in [6, 6.07) is 1.47. The Kier molecular flexibility index (Phi) is 4.72. The average Bonchev–Trinajstić information content (AvgIpc) is 2.80. The summed E-state index contributed by atoms with van der Waals surface area (Å²) in [7, 11) is 0. The van der Waals surface area contributed by atoms with Crippen LogP contribution in [-0.2, 0) is 9.59 Å². The zero-order chi connectivity index (χ0) is 16.3. The number of aromatic amines is 1. The number of alkyl halides is 3. The fourth-order valence-corrected chi connectivity index (χ4v) is 2.31. The molecule has 0 atom stereocenters. The number of hydrogen-bond acceptors (Lipinski definition) is 3. The Bertz CT molecular complexity index is 550. The van der Waals surface area contributed by atoms with Gasteiger partial charge < -0.3 is 10.6 Å². The van der Waals surface area contributed by atoms with Gasteiger partial charge in [0, 0.05) is 24.4 Å². The molecule has 3 N–H and O–H groups in total. The van der Waals surface area contributed by atoms with Crippen LogP contribution < -0.4 is 10.6 Å². The van der Waals surface area contributed by atoms with E-state index < -0.39 is 12.1 Å². The molecule has 1 aliphatic rings. The summed E-state index contributed by atoms with van der Waals surface area (Å²) in [5.74, 6) is -2.05. The molecule has 0 saturated heterocycles. The molecule has 122 valence electrons. The number of H-pyrrole nitrogens is 1. The van der Waals surface area contributed by atoms with E-state index in [9.17, 15) is 22.8 Å². The van der Waals surface area contributed by atoms with Gasteiger partial charge >= 0.3 is 12.1 Å². The van der Waals surface area contributed by atoms with Crippen molar-refractivity contribution in [2.24, 2.45) is 0 Å². The maximum absolute atomic E-state index is 12.1. The summed E-state index contributed by atoms with van der Waals surface area (Å²) in [6.45, 7) is 1.92. The molecule has 22 heavy (non-hydrogen) atoms. The maximum atomic E-state index is 12.1. The second-order valence-corrected chi connectivity index (χ2v) is 5.34. The van der Waals surface area contributed by atoms with E-state index >= 15 is 0 Å². The van der Waals surface area contributed by atoms with Crippen LogP contribution in [0.15, 0.2) is 6.07 Å². The molecule has 2 amide bonds. The van der Waals surface area contributed by atoms with Crippen LogP contribution in [0, 0.1) is 0 Å². The summed E-state index contributed by atoms with van der Waals surface area (Å²) < 4.78 is 36.4. The van der Waals surface area contributed by atoms with Gasteiger partial charge in [0.05, 0.1) is 5.69 Å². The molecule has 1 saturated carbocycles. The fraction of sp³-hybridized carbons (Fsp3) is 0.615. The van der Waals surface area contributed by atoms with Crippen molar-refractivity contribution < 1.29 is 22.8 Å². The molecule has 1 aromatic heterocycles. The predicted octanol–water partition coefficient (Wildman–Crippen LogP) is 2.07. The minimum atomic E-state index is -4.93. The van der Waals surface area contributed by atoms with Crippen molar-refractivity contribution >= 4 is 17.6 Å². The fourth-order valence-electron chi connectivity index (χ4n) is 2.31.